The van der Waals surface area contributed by atoms with Crippen molar-refractivity contribution in [3.05, 3.63) is 24.5 Å². The molecule has 8 nitrogen and oxygen atoms in total. The van der Waals surface area contributed by atoms with Gasteiger partial charge in [-0.15, -0.1) is 0 Å². The first-order chi connectivity index (χ1) is 10.7. The third kappa shape index (κ3) is 2.46. The molecular formula is C14H17N3O5. The van der Waals surface area contributed by atoms with E-state index in [0.717, 1.165) is 0 Å². The Labute approximate surface area is 126 Å². The second kappa shape index (κ2) is 6.01. The lowest BCUT2D eigenvalue weighted by molar-refractivity contribution is -0.0153. The zero-order chi connectivity index (χ0) is 15.7. The minimum absolute atomic E-state index is 0.380. The number of hydrogen-bond acceptors (Lipinski definition) is 8. The zero-order valence-electron chi connectivity index (χ0n) is 11.9. The first kappa shape index (κ1) is 14.9. The van der Waals surface area contributed by atoms with Crippen LogP contribution in [0.15, 0.2) is 24.5 Å². The molecule has 1 fully saturated rings. The number of para-hydroxylation sites is 1. The predicted octanol–water partition coefficient (Wildman–Crippen LogP) is -0.511. The van der Waals surface area contributed by atoms with Gasteiger partial charge in [0.05, 0.1) is 13.7 Å². The number of methoxy groups -OCH3 is 1. The quantitative estimate of drug-likeness (QED) is 0.597. The van der Waals surface area contributed by atoms with Gasteiger partial charge in [-0.05, 0) is 12.1 Å². The Balaban J connectivity index is 1.92. The van der Waals surface area contributed by atoms with E-state index in [1.54, 1.807) is 19.2 Å². The number of aliphatic hydroxyl groups excluding tert-OH is 3. The summed E-state index contributed by atoms with van der Waals surface area (Å²) >= 11 is 0. The van der Waals surface area contributed by atoms with Crippen LogP contribution in [-0.4, -0.2) is 63.5 Å². The van der Waals surface area contributed by atoms with Crippen molar-refractivity contribution in [1.82, 2.24) is 9.97 Å². The van der Waals surface area contributed by atoms with Crippen LogP contribution in [0.4, 0.5) is 5.82 Å². The van der Waals surface area contributed by atoms with Crippen molar-refractivity contribution < 1.29 is 24.8 Å². The highest BCUT2D eigenvalue weighted by atomic mass is 16.6. The van der Waals surface area contributed by atoms with Crippen LogP contribution in [0, 0.1) is 0 Å². The lowest BCUT2D eigenvalue weighted by Crippen LogP contribution is -2.36. The van der Waals surface area contributed by atoms with Crippen molar-refractivity contribution in [2.75, 3.05) is 19.0 Å². The Morgan fingerprint density at radius 3 is 2.77 bits per heavy atom. The molecule has 0 saturated carbocycles. The number of ether oxygens (including phenoxy) is 2. The van der Waals surface area contributed by atoms with Crippen LogP contribution >= 0.6 is 0 Å². The molecule has 0 radical (unpaired) electrons. The van der Waals surface area contributed by atoms with Crippen LogP contribution in [0.5, 0.6) is 5.75 Å². The van der Waals surface area contributed by atoms with E-state index < -0.39 is 24.5 Å². The summed E-state index contributed by atoms with van der Waals surface area (Å²) in [6.45, 7) is -0.380. The summed E-state index contributed by atoms with van der Waals surface area (Å²) in [7, 11) is 1.55. The average Bonchev–Trinajstić information content (AvgIpc) is 2.82. The van der Waals surface area contributed by atoms with Crippen molar-refractivity contribution in [2.24, 2.45) is 0 Å². The lowest BCUT2D eigenvalue weighted by Gasteiger charge is -2.18. The van der Waals surface area contributed by atoms with Crippen molar-refractivity contribution in [1.29, 1.82) is 0 Å². The van der Waals surface area contributed by atoms with Gasteiger partial charge in [0.1, 0.15) is 41.7 Å². The molecule has 0 amide bonds. The molecule has 1 aliphatic rings. The van der Waals surface area contributed by atoms with Gasteiger partial charge in [-0.3, -0.25) is 0 Å². The summed E-state index contributed by atoms with van der Waals surface area (Å²) in [5.41, 5.74) is 0.620. The summed E-state index contributed by atoms with van der Waals surface area (Å²) in [6, 6.07) is 5.39. The fraction of sp³-hybridized carbons (Fsp3) is 0.429. The second-order valence-electron chi connectivity index (χ2n) is 4.98. The van der Waals surface area contributed by atoms with E-state index in [4.69, 9.17) is 14.6 Å². The van der Waals surface area contributed by atoms with Crippen molar-refractivity contribution in [2.45, 2.75) is 24.5 Å². The molecule has 22 heavy (non-hydrogen) atoms. The lowest BCUT2D eigenvalue weighted by atomic mass is 10.1. The van der Waals surface area contributed by atoms with Gasteiger partial charge < -0.3 is 30.1 Å². The van der Waals surface area contributed by atoms with Crippen LogP contribution < -0.4 is 10.1 Å². The van der Waals surface area contributed by atoms with E-state index in [1.165, 1.54) is 6.33 Å². The Kier molecular flexibility index (Phi) is 4.08. The molecule has 4 atom stereocenters. The predicted molar refractivity (Wildman–Crippen MR) is 77.5 cm³/mol. The summed E-state index contributed by atoms with van der Waals surface area (Å²) < 4.78 is 10.6. The van der Waals surface area contributed by atoms with Crippen LogP contribution in [0.3, 0.4) is 0 Å². The minimum Gasteiger partial charge on any atom is -0.494 e. The topological polar surface area (TPSA) is 117 Å². The van der Waals surface area contributed by atoms with Gasteiger partial charge >= 0.3 is 0 Å². The van der Waals surface area contributed by atoms with E-state index in [2.05, 4.69) is 15.3 Å². The zero-order valence-corrected chi connectivity index (χ0v) is 11.9. The highest BCUT2D eigenvalue weighted by Gasteiger charge is 2.42. The van der Waals surface area contributed by atoms with E-state index in [-0.39, 0.29) is 6.61 Å². The van der Waals surface area contributed by atoms with Gasteiger partial charge in [-0.2, -0.15) is 0 Å². The van der Waals surface area contributed by atoms with Gasteiger partial charge in [0.15, 0.2) is 6.23 Å². The Bertz CT molecular complexity index is 668. The summed E-state index contributed by atoms with van der Waals surface area (Å²) in [5.74, 6) is 1.04. The maximum Gasteiger partial charge on any atom is 0.158 e. The fourth-order valence-electron chi connectivity index (χ4n) is 2.49. The summed E-state index contributed by atoms with van der Waals surface area (Å²) in [5, 5.41) is 32.5. The molecular weight excluding hydrogens is 290 g/mol. The molecule has 0 unspecified atom stereocenters. The van der Waals surface area contributed by atoms with Gasteiger partial charge in [0, 0.05) is 5.39 Å². The highest BCUT2D eigenvalue weighted by Crippen LogP contribution is 2.29. The molecule has 0 spiro atoms. The molecule has 1 saturated heterocycles. The Morgan fingerprint density at radius 1 is 1.27 bits per heavy atom. The number of aliphatic hydroxyl groups is 3. The van der Waals surface area contributed by atoms with Crippen LogP contribution in [0.1, 0.15) is 0 Å². The van der Waals surface area contributed by atoms with Gasteiger partial charge in [0.25, 0.3) is 0 Å². The van der Waals surface area contributed by atoms with Crippen LogP contribution in [0.2, 0.25) is 0 Å². The van der Waals surface area contributed by atoms with Crippen LogP contribution in [-0.2, 0) is 4.74 Å². The molecule has 0 aliphatic carbocycles. The standard InChI is InChI=1S/C14H17N3O5/c1-21-8-4-2-3-7-10(8)15-6-16-13(7)17-14-12(20)11(19)9(5-18)22-14/h2-4,6,9,11-12,14,18-20H,5H2,1H3,(H,15,16,17)/t9-,11-,12-,14-/m1/s1. The molecule has 2 heterocycles. The van der Waals surface area contributed by atoms with Crippen molar-refractivity contribution >= 4 is 16.7 Å². The molecule has 4 N–H and O–H groups in total. The third-order valence-electron chi connectivity index (χ3n) is 3.67. The monoisotopic (exact) mass is 307 g/mol. The number of hydrogen-bond donors (Lipinski definition) is 4. The van der Waals surface area contributed by atoms with Gasteiger partial charge in [0.2, 0.25) is 0 Å². The third-order valence-corrected chi connectivity index (χ3v) is 3.67. The summed E-state index contributed by atoms with van der Waals surface area (Å²) in [4.78, 5) is 8.33. The largest absolute Gasteiger partial charge is 0.494 e. The molecule has 1 aromatic carbocycles. The maximum absolute atomic E-state index is 9.98. The van der Waals surface area contributed by atoms with E-state index in [0.29, 0.717) is 22.5 Å². The smallest absolute Gasteiger partial charge is 0.158 e. The molecule has 1 aliphatic heterocycles. The number of nitrogens with one attached hydrogen (secondary N) is 1. The minimum atomic E-state index is -1.17. The van der Waals surface area contributed by atoms with E-state index in [9.17, 15) is 10.2 Å². The number of nitrogens with zero attached hydrogens (tertiary/aromatic N) is 2. The molecule has 3 rings (SSSR count). The van der Waals surface area contributed by atoms with Crippen molar-refractivity contribution in [3.8, 4) is 5.75 Å². The molecule has 8 heteroatoms. The van der Waals surface area contributed by atoms with Crippen molar-refractivity contribution in [3.63, 3.8) is 0 Å². The van der Waals surface area contributed by atoms with Gasteiger partial charge in [-0.1, -0.05) is 6.07 Å². The number of anilines is 1. The van der Waals surface area contributed by atoms with E-state index in [1.807, 2.05) is 6.07 Å². The first-order valence-electron chi connectivity index (χ1n) is 6.82. The SMILES string of the molecule is COc1cccc2c(N[C@@H]3O[C@H](CO)[C@@H](O)[C@H]3O)ncnc12. The fourth-order valence-corrected chi connectivity index (χ4v) is 2.49. The Hall–Kier alpha value is -2.00. The maximum atomic E-state index is 9.98. The normalized spacial score (nSPS) is 28.0. The van der Waals surface area contributed by atoms with Crippen LogP contribution in [0.25, 0.3) is 10.9 Å². The average molecular weight is 307 g/mol. The number of benzene rings is 1. The molecule has 2 aromatic rings. The Morgan fingerprint density at radius 2 is 2.09 bits per heavy atom. The molecule has 1 aromatic heterocycles. The second-order valence-corrected chi connectivity index (χ2v) is 4.98. The first-order valence-corrected chi connectivity index (χ1v) is 6.82. The highest BCUT2D eigenvalue weighted by molar-refractivity contribution is 5.92. The number of fused-ring (bicyclic) bond motifs is 1. The molecule has 118 valence electrons. The van der Waals surface area contributed by atoms with Gasteiger partial charge in [-0.25, -0.2) is 9.97 Å². The summed E-state index contributed by atoms with van der Waals surface area (Å²) in [6.07, 6.45) is -2.68. The number of aromatic nitrogens is 2. The molecule has 0 bridgehead atoms. The van der Waals surface area contributed by atoms with E-state index >= 15 is 0 Å². The number of rotatable bonds is 4.